The molecule has 0 unspecified atom stereocenters. The van der Waals surface area contributed by atoms with Crippen molar-refractivity contribution in [3.05, 3.63) is 28.7 Å². The fourth-order valence-corrected chi connectivity index (χ4v) is 3.24. The minimum absolute atomic E-state index is 0.0234. The number of carbonyl (C=O) groups is 2. The molecule has 0 aromatic heterocycles. The van der Waals surface area contributed by atoms with Crippen molar-refractivity contribution in [2.45, 2.75) is 6.42 Å². The summed E-state index contributed by atoms with van der Waals surface area (Å²) in [5, 5.41) is 9.59. The molecule has 0 atom stereocenters. The van der Waals surface area contributed by atoms with Gasteiger partial charge in [-0.05, 0) is 23.8 Å². The number of hydrogen-bond donors (Lipinski definition) is 1. The summed E-state index contributed by atoms with van der Waals surface area (Å²) in [5.74, 6) is -0.308. The van der Waals surface area contributed by atoms with Crippen molar-refractivity contribution in [2.24, 2.45) is 0 Å². The van der Waals surface area contributed by atoms with Crippen molar-refractivity contribution in [1.82, 2.24) is 4.90 Å². The molecule has 1 aromatic rings. The lowest BCUT2D eigenvalue weighted by atomic mass is 10.2. The zero-order chi connectivity index (χ0) is 17.0. The van der Waals surface area contributed by atoms with Crippen molar-refractivity contribution in [2.75, 3.05) is 20.8 Å². The Morgan fingerprint density at radius 2 is 2.17 bits per heavy atom. The van der Waals surface area contributed by atoms with Gasteiger partial charge in [0.15, 0.2) is 11.5 Å². The number of thioether (sulfide) groups is 1. The minimum Gasteiger partial charge on any atom is -0.504 e. The molecule has 122 valence electrons. The Morgan fingerprint density at radius 1 is 1.43 bits per heavy atom. The van der Waals surface area contributed by atoms with Gasteiger partial charge in [-0.2, -0.15) is 0 Å². The molecule has 0 spiro atoms. The first-order valence-corrected chi connectivity index (χ1v) is 7.88. The van der Waals surface area contributed by atoms with Gasteiger partial charge < -0.3 is 14.6 Å². The lowest BCUT2D eigenvalue weighted by Crippen LogP contribution is -2.30. The topological polar surface area (TPSA) is 76.1 Å². The summed E-state index contributed by atoms with van der Waals surface area (Å²) in [4.78, 5) is 25.4. The first kappa shape index (κ1) is 17.3. The number of nitrogens with zero attached hydrogens (tertiary/aromatic N) is 1. The fourth-order valence-electron chi connectivity index (χ4n) is 1.93. The van der Waals surface area contributed by atoms with E-state index in [1.807, 2.05) is 0 Å². The van der Waals surface area contributed by atoms with Crippen LogP contribution in [0.1, 0.15) is 12.0 Å². The second kappa shape index (κ2) is 7.47. The Balaban J connectivity index is 2.16. The molecule has 1 fully saturated rings. The van der Waals surface area contributed by atoms with Gasteiger partial charge in [0.2, 0.25) is 0 Å². The summed E-state index contributed by atoms with van der Waals surface area (Å²) in [6.45, 7) is 0.188. The number of rotatable bonds is 5. The molecule has 6 nitrogen and oxygen atoms in total. The van der Waals surface area contributed by atoms with E-state index >= 15 is 0 Å². The zero-order valence-corrected chi connectivity index (χ0v) is 14.2. The molecule has 1 heterocycles. The highest BCUT2D eigenvalue weighted by molar-refractivity contribution is 8.26. The van der Waals surface area contributed by atoms with Crippen LogP contribution in [0.15, 0.2) is 23.1 Å². The van der Waals surface area contributed by atoms with Crippen LogP contribution in [0.2, 0.25) is 0 Å². The van der Waals surface area contributed by atoms with Crippen LogP contribution in [0.5, 0.6) is 11.5 Å². The van der Waals surface area contributed by atoms with Crippen molar-refractivity contribution >= 4 is 46.3 Å². The first-order chi connectivity index (χ1) is 11.0. The maximum absolute atomic E-state index is 12.4. The molecule has 1 aliphatic heterocycles. The lowest BCUT2D eigenvalue weighted by molar-refractivity contribution is -0.140. The number of ether oxygens (including phenoxy) is 2. The molecule has 0 radical (unpaired) electrons. The number of phenolic OH excluding ortho intramolecular Hbond substituents is 1. The Bertz CT molecular complexity index is 686. The smallest absolute Gasteiger partial charge is 0.307 e. The number of methoxy groups -OCH3 is 2. The molecule has 1 saturated heterocycles. The normalized spacial score (nSPS) is 16.1. The van der Waals surface area contributed by atoms with E-state index < -0.39 is 5.97 Å². The van der Waals surface area contributed by atoms with Gasteiger partial charge >= 0.3 is 5.97 Å². The predicted molar refractivity (Wildman–Crippen MR) is 91.2 cm³/mol. The van der Waals surface area contributed by atoms with Crippen LogP contribution in [0.3, 0.4) is 0 Å². The second-order valence-electron chi connectivity index (χ2n) is 4.59. The van der Waals surface area contributed by atoms with Gasteiger partial charge in [-0.3, -0.25) is 14.5 Å². The molecule has 23 heavy (non-hydrogen) atoms. The summed E-state index contributed by atoms with van der Waals surface area (Å²) in [5.41, 5.74) is 0.702. The molecular formula is C15H15NO5S2. The lowest BCUT2D eigenvalue weighted by Gasteiger charge is -2.12. The standard InChI is InChI=1S/C15H15NO5S2/c1-20-11-7-9(3-4-10(11)17)8-12-14(19)16(15(22)23-12)6-5-13(18)21-2/h3-4,7-8,17H,5-6H2,1-2H3/b12-8-. The number of esters is 1. The van der Waals surface area contributed by atoms with Gasteiger partial charge in [0, 0.05) is 6.54 Å². The second-order valence-corrected chi connectivity index (χ2v) is 6.27. The summed E-state index contributed by atoms with van der Waals surface area (Å²) < 4.78 is 10.00. The molecule has 0 saturated carbocycles. The van der Waals surface area contributed by atoms with Crippen LogP contribution in [0.4, 0.5) is 0 Å². The number of thiocarbonyl (C=S) groups is 1. The van der Waals surface area contributed by atoms with E-state index in [-0.39, 0.29) is 24.6 Å². The third-order valence-electron chi connectivity index (χ3n) is 3.14. The fraction of sp³-hybridized carbons (Fsp3) is 0.267. The van der Waals surface area contributed by atoms with Crippen LogP contribution in [0.25, 0.3) is 6.08 Å². The Kier molecular flexibility index (Phi) is 5.62. The van der Waals surface area contributed by atoms with Gasteiger partial charge in [0.1, 0.15) is 4.32 Å². The molecule has 1 aliphatic rings. The SMILES string of the molecule is COC(=O)CCN1C(=O)/C(=C/c2ccc(O)c(OC)c2)SC1=S. The Hall–Kier alpha value is -2.06. The zero-order valence-electron chi connectivity index (χ0n) is 12.6. The predicted octanol–water partition coefficient (Wildman–Crippen LogP) is 2.17. The number of carbonyl (C=O) groups excluding carboxylic acids is 2. The third kappa shape index (κ3) is 4.02. The van der Waals surface area contributed by atoms with Crippen molar-refractivity contribution in [3.8, 4) is 11.5 Å². The maximum Gasteiger partial charge on any atom is 0.307 e. The number of aromatic hydroxyl groups is 1. The Labute approximate surface area is 143 Å². The molecule has 8 heteroatoms. The van der Waals surface area contributed by atoms with Crippen molar-refractivity contribution in [1.29, 1.82) is 0 Å². The highest BCUT2D eigenvalue weighted by Crippen LogP contribution is 2.34. The van der Waals surface area contributed by atoms with Crippen molar-refractivity contribution < 1.29 is 24.2 Å². The average Bonchev–Trinajstić information content (AvgIpc) is 2.80. The molecule has 0 aliphatic carbocycles. The highest BCUT2D eigenvalue weighted by Gasteiger charge is 2.32. The number of hydrogen-bond acceptors (Lipinski definition) is 7. The van der Waals surface area contributed by atoms with Crippen LogP contribution < -0.4 is 4.74 Å². The minimum atomic E-state index is -0.397. The van der Waals surface area contributed by atoms with Crippen LogP contribution in [-0.4, -0.2) is 47.0 Å². The van der Waals surface area contributed by atoms with Crippen molar-refractivity contribution in [3.63, 3.8) is 0 Å². The van der Waals surface area contributed by atoms with Crippen LogP contribution in [0, 0.1) is 0 Å². The van der Waals surface area contributed by atoms with E-state index in [1.165, 1.54) is 36.9 Å². The van der Waals surface area contributed by atoms with Gasteiger partial charge in [-0.1, -0.05) is 30.0 Å². The van der Waals surface area contributed by atoms with Crippen LogP contribution in [-0.2, 0) is 14.3 Å². The molecule has 2 rings (SSSR count). The third-order valence-corrected chi connectivity index (χ3v) is 4.52. The number of amides is 1. The Morgan fingerprint density at radius 3 is 2.83 bits per heavy atom. The van der Waals surface area contributed by atoms with E-state index in [4.69, 9.17) is 17.0 Å². The summed E-state index contributed by atoms with van der Waals surface area (Å²) in [6, 6.07) is 4.78. The maximum atomic E-state index is 12.4. The quantitative estimate of drug-likeness (QED) is 0.494. The van der Waals surface area contributed by atoms with E-state index in [0.717, 1.165) is 0 Å². The summed E-state index contributed by atoms with van der Waals surface area (Å²) in [6.07, 6.45) is 1.75. The summed E-state index contributed by atoms with van der Waals surface area (Å²) >= 11 is 6.35. The van der Waals surface area contributed by atoms with Gasteiger partial charge in [0.05, 0.1) is 25.5 Å². The number of phenols is 1. The monoisotopic (exact) mass is 353 g/mol. The largest absolute Gasteiger partial charge is 0.504 e. The summed E-state index contributed by atoms with van der Waals surface area (Å²) in [7, 11) is 2.75. The molecular weight excluding hydrogens is 338 g/mol. The average molecular weight is 353 g/mol. The number of benzene rings is 1. The van der Waals surface area contributed by atoms with E-state index in [0.29, 0.717) is 20.5 Å². The molecule has 1 aromatic carbocycles. The van der Waals surface area contributed by atoms with Gasteiger partial charge in [0.25, 0.3) is 5.91 Å². The van der Waals surface area contributed by atoms with Crippen LogP contribution >= 0.6 is 24.0 Å². The molecule has 0 bridgehead atoms. The molecule has 1 amide bonds. The van der Waals surface area contributed by atoms with Gasteiger partial charge in [-0.25, -0.2) is 0 Å². The molecule has 1 N–H and O–H groups in total. The van der Waals surface area contributed by atoms with E-state index in [9.17, 15) is 14.7 Å². The van der Waals surface area contributed by atoms with Gasteiger partial charge in [-0.15, -0.1) is 0 Å². The highest BCUT2D eigenvalue weighted by atomic mass is 32.2. The van der Waals surface area contributed by atoms with E-state index in [1.54, 1.807) is 18.2 Å². The van der Waals surface area contributed by atoms with E-state index in [2.05, 4.69) is 4.74 Å². The first-order valence-electron chi connectivity index (χ1n) is 6.65.